The summed E-state index contributed by atoms with van der Waals surface area (Å²) in [5, 5.41) is 0.756. The van der Waals surface area contributed by atoms with Crippen LogP contribution in [0.3, 0.4) is 0 Å². The number of morpholine rings is 1. The number of hydrogen-bond donors (Lipinski definition) is 0. The summed E-state index contributed by atoms with van der Waals surface area (Å²) in [7, 11) is 0. The maximum atomic E-state index is 13.6. The van der Waals surface area contributed by atoms with Crippen molar-refractivity contribution in [2.45, 2.75) is 13.8 Å². The molecule has 0 spiro atoms. The Labute approximate surface area is 189 Å². The molecule has 0 unspecified atom stereocenters. The van der Waals surface area contributed by atoms with Crippen LogP contribution < -0.4 is 4.90 Å². The number of carbonyl (C=O) groups is 1. The Balaban J connectivity index is 1.50. The second-order valence-electron chi connectivity index (χ2n) is 7.87. The molecule has 0 aliphatic carbocycles. The number of hydrogen-bond acceptors (Lipinski definition) is 7. The summed E-state index contributed by atoms with van der Waals surface area (Å²) in [5.41, 5.74) is 6.75. The van der Waals surface area contributed by atoms with E-state index >= 15 is 0 Å². The average molecular weight is 453 g/mol. The second-order valence-corrected chi connectivity index (χ2v) is 9.74. The van der Waals surface area contributed by atoms with Crippen LogP contribution in [0.4, 0.5) is 5.13 Å². The van der Waals surface area contributed by atoms with Crippen LogP contribution in [0.5, 0.6) is 0 Å². The van der Waals surface area contributed by atoms with Gasteiger partial charge in [0.1, 0.15) is 0 Å². The van der Waals surface area contributed by atoms with Gasteiger partial charge in [-0.05, 0) is 49.2 Å². The normalized spacial score (nSPS) is 15.0. The molecule has 5 rings (SSSR count). The highest BCUT2D eigenvalue weighted by molar-refractivity contribution is 7.22. The fourth-order valence-corrected chi connectivity index (χ4v) is 5.73. The molecule has 160 valence electrons. The lowest BCUT2D eigenvalue weighted by molar-refractivity contribution is 0.0391. The zero-order valence-corrected chi connectivity index (χ0v) is 19.3. The van der Waals surface area contributed by atoms with Crippen molar-refractivity contribution >= 4 is 54.1 Å². The van der Waals surface area contributed by atoms with Crippen molar-refractivity contribution < 1.29 is 9.53 Å². The van der Waals surface area contributed by atoms with Crippen LogP contribution in [0.2, 0.25) is 0 Å². The number of fused-ring (bicyclic) bond motifs is 2. The van der Waals surface area contributed by atoms with Gasteiger partial charge in [0, 0.05) is 31.7 Å². The molecule has 1 fully saturated rings. The third-order valence-electron chi connectivity index (χ3n) is 5.61. The van der Waals surface area contributed by atoms with Gasteiger partial charge in [0.2, 0.25) is 0 Å². The molecule has 6 nitrogen and oxygen atoms in total. The van der Waals surface area contributed by atoms with Crippen molar-refractivity contribution in [2.75, 3.05) is 44.3 Å². The van der Waals surface area contributed by atoms with E-state index in [9.17, 15) is 4.79 Å². The Morgan fingerprint density at radius 2 is 2.00 bits per heavy atom. The zero-order valence-electron chi connectivity index (χ0n) is 17.6. The van der Waals surface area contributed by atoms with Crippen LogP contribution in [0, 0.1) is 13.8 Å². The molecule has 0 radical (unpaired) electrons. The van der Waals surface area contributed by atoms with Gasteiger partial charge in [-0.15, -0.1) is 11.3 Å². The number of rotatable bonds is 5. The number of nitrogens with zero attached hydrogens (tertiary/aromatic N) is 4. The Hall–Kier alpha value is -2.39. The molecule has 0 saturated carbocycles. The van der Waals surface area contributed by atoms with Crippen LogP contribution in [0.25, 0.3) is 20.4 Å². The zero-order chi connectivity index (χ0) is 21.4. The highest BCUT2D eigenvalue weighted by atomic mass is 32.1. The topological polar surface area (TPSA) is 58.6 Å². The number of ether oxygens (including phenoxy) is 1. The van der Waals surface area contributed by atoms with Gasteiger partial charge in [0.05, 0.1) is 39.2 Å². The summed E-state index contributed by atoms with van der Waals surface area (Å²) in [6, 6.07) is 10.00. The minimum absolute atomic E-state index is 0.0167. The Morgan fingerprint density at radius 3 is 2.84 bits per heavy atom. The summed E-state index contributed by atoms with van der Waals surface area (Å²) < 4.78 is 7.63. The molecule has 0 atom stereocenters. The summed E-state index contributed by atoms with van der Waals surface area (Å²) in [5.74, 6) is -0.0167. The lowest BCUT2D eigenvalue weighted by Gasteiger charge is -2.29. The molecule has 3 heterocycles. The third kappa shape index (κ3) is 4.21. The first-order chi connectivity index (χ1) is 15.1. The molecule has 2 aromatic carbocycles. The van der Waals surface area contributed by atoms with Gasteiger partial charge in [0.25, 0.3) is 5.91 Å². The summed E-state index contributed by atoms with van der Waals surface area (Å²) in [4.78, 5) is 27.0. The molecule has 1 aliphatic heterocycles. The van der Waals surface area contributed by atoms with E-state index in [4.69, 9.17) is 9.72 Å². The fraction of sp³-hybridized carbons (Fsp3) is 0.348. The Bertz CT molecular complexity index is 1240. The predicted molar refractivity (Wildman–Crippen MR) is 128 cm³/mol. The van der Waals surface area contributed by atoms with Crippen molar-refractivity contribution in [1.82, 2.24) is 14.9 Å². The number of aryl methyl sites for hydroxylation is 2. The smallest absolute Gasteiger partial charge is 0.260 e. The van der Waals surface area contributed by atoms with E-state index in [1.54, 1.807) is 22.7 Å². The van der Waals surface area contributed by atoms with E-state index < -0.39 is 0 Å². The van der Waals surface area contributed by atoms with E-state index in [-0.39, 0.29) is 5.91 Å². The van der Waals surface area contributed by atoms with E-state index in [0.717, 1.165) is 58.4 Å². The van der Waals surface area contributed by atoms with E-state index in [1.807, 2.05) is 28.6 Å². The highest BCUT2D eigenvalue weighted by Crippen LogP contribution is 2.33. The molecule has 8 heteroatoms. The number of anilines is 1. The Morgan fingerprint density at radius 1 is 1.16 bits per heavy atom. The number of benzene rings is 2. The van der Waals surface area contributed by atoms with E-state index in [1.165, 1.54) is 11.1 Å². The summed E-state index contributed by atoms with van der Waals surface area (Å²) >= 11 is 3.15. The van der Waals surface area contributed by atoms with Crippen LogP contribution in [-0.2, 0) is 4.74 Å². The van der Waals surface area contributed by atoms with Gasteiger partial charge in [-0.1, -0.05) is 17.4 Å². The minimum atomic E-state index is -0.0167. The SMILES string of the molecule is Cc1cc(C)c2sc(N(CCN3CCOCC3)C(=O)c3ccc4ncsc4c3)nc2c1. The van der Waals surface area contributed by atoms with E-state index in [2.05, 4.69) is 35.9 Å². The number of carbonyl (C=O) groups excluding carboxylic acids is 1. The van der Waals surface area contributed by atoms with Crippen molar-refractivity contribution in [3.05, 3.63) is 52.5 Å². The van der Waals surface area contributed by atoms with Gasteiger partial charge >= 0.3 is 0 Å². The van der Waals surface area contributed by atoms with E-state index in [0.29, 0.717) is 12.1 Å². The molecule has 0 bridgehead atoms. The molecular weight excluding hydrogens is 428 g/mol. The van der Waals surface area contributed by atoms with Crippen molar-refractivity contribution in [3.63, 3.8) is 0 Å². The first-order valence-corrected chi connectivity index (χ1v) is 12.1. The monoisotopic (exact) mass is 452 g/mol. The van der Waals surface area contributed by atoms with Crippen molar-refractivity contribution in [1.29, 1.82) is 0 Å². The molecule has 2 aromatic heterocycles. The lowest BCUT2D eigenvalue weighted by atomic mass is 10.1. The molecule has 0 N–H and O–H groups in total. The average Bonchev–Trinajstić information content (AvgIpc) is 3.41. The first kappa shape index (κ1) is 20.5. The third-order valence-corrected chi connectivity index (χ3v) is 7.63. The van der Waals surface area contributed by atoms with Crippen LogP contribution in [-0.4, -0.2) is 60.2 Å². The molecule has 4 aromatic rings. The lowest BCUT2D eigenvalue weighted by Crippen LogP contribution is -2.43. The van der Waals surface area contributed by atoms with Gasteiger partial charge in [-0.2, -0.15) is 0 Å². The summed E-state index contributed by atoms with van der Waals surface area (Å²) in [6.07, 6.45) is 0. The molecule has 1 saturated heterocycles. The highest BCUT2D eigenvalue weighted by Gasteiger charge is 2.23. The summed E-state index contributed by atoms with van der Waals surface area (Å²) in [6.45, 7) is 8.86. The van der Waals surface area contributed by atoms with Crippen molar-refractivity contribution in [3.8, 4) is 0 Å². The molecule has 1 aliphatic rings. The van der Waals surface area contributed by atoms with Crippen LogP contribution >= 0.6 is 22.7 Å². The predicted octanol–water partition coefficient (Wildman–Crippen LogP) is 4.50. The fourth-order valence-electron chi connectivity index (χ4n) is 3.97. The van der Waals surface area contributed by atoms with Gasteiger partial charge in [-0.25, -0.2) is 9.97 Å². The minimum Gasteiger partial charge on any atom is -0.379 e. The van der Waals surface area contributed by atoms with Crippen molar-refractivity contribution in [2.24, 2.45) is 0 Å². The number of aromatic nitrogens is 2. The van der Waals surface area contributed by atoms with Gasteiger partial charge in [0.15, 0.2) is 5.13 Å². The van der Waals surface area contributed by atoms with Gasteiger partial charge < -0.3 is 4.74 Å². The Kier molecular flexibility index (Phi) is 5.71. The maximum Gasteiger partial charge on any atom is 0.260 e. The largest absolute Gasteiger partial charge is 0.379 e. The molecular formula is C23H24N4O2S2. The quantitative estimate of drug-likeness (QED) is 0.446. The van der Waals surface area contributed by atoms with Crippen LogP contribution in [0.1, 0.15) is 21.5 Å². The molecule has 1 amide bonds. The van der Waals surface area contributed by atoms with Crippen LogP contribution in [0.15, 0.2) is 35.8 Å². The molecule has 31 heavy (non-hydrogen) atoms. The first-order valence-electron chi connectivity index (χ1n) is 10.4. The van der Waals surface area contributed by atoms with Gasteiger partial charge in [-0.3, -0.25) is 14.6 Å². The number of amides is 1. The maximum absolute atomic E-state index is 13.6. The second kappa shape index (κ2) is 8.63. The number of thiazole rings is 2. The standard InChI is InChI=1S/C23H24N4O2S2/c1-15-11-16(2)21-19(12-15)25-23(31-21)27(6-5-26-7-9-29-10-8-26)22(28)17-3-4-18-20(13-17)30-14-24-18/h3-4,11-14H,5-10H2,1-2H3.